The molecule has 49 heavy (non-hydrogen) atoms. The van der Waals surface area contributed by atoms with E-state index in [-0.39, 0.29) is 25.2 Å². The van der Waals surface area contributed by atoms with Crippen molar-refractivity contribution in [3.05, 3.63) is 64.5 Å². The maximum absolute atomic E-state index is 15.6. The van der Waals surface area contributed by atoms with Gasteiger partial charge in [0.1, 0.15) is 27.1 Å². The zero-order chi connectivity index (χ0) is 37.3. The molecule has 2 unspecified atom stereocenters. The largest absolute Gasteiger partial charge is 0.376 e. The van der Waals surface area contributed by atoms with Crippen LogP contribution in [0.3, 0.4) is 0 Å². The van der Waals surface area contributed by atoms with Crippen LogP contribution in [0.2, 0.25) is 0 Å². The third-order valence-corrected chi connectivity index (χ3v) is 8.03. The van der Waals surface area contributed by atoms with Gasteiger partial charge in [-0.25, -0.2) is 9.29 Å². The summed E-state index contributed by atoms with van der Waals surface area (Å²) >= 11 is 0. The fourth-order valence-corrected chi connectivity index (χ4v) is 5.37. The molecule has 2 aromatic carbocycles. The zero-order valence-electron chi connectivity index (χ0n) is 25.1. The fourth-order valence-electron chi connectivity index (χ4n) is 5.37. The molecule has 6 radical (unpaired) electrons. The molecule has 0 saturated carbocycles. The molecule has 2 amide bonds. The normalized spacial score (nSPS) is 23.4. The minimum atomic E-state index is -4.57. The van der Waals surface area contributed by atoms with Crippen molar-refractivity contribution in [3.63, 3.8) is 0 Å². The number of morpholine rings is 1. The number of hydrogen-bond donors (Lipinski definition) is 13. The average molecular weight is 688 g/mol. The molecule has 2 aromatic rings. The number of halogens is 1. The first kappa shape index (κ1) is 38.4. The molecule has 23 heteroatoms. The van der Waals surface area contributed by atoms with Crippen LogP contribution in [0, 0.1) is 5.82 Å². The van der Waals surface area contributed by atoms with Crippen LogP contribution in [0.25, 0.3) is 0 Å². The number of amides is 2. The van der Waals surface area contributed by atoms with E-state index in [0.29, 0.717) is 17.0 Å². The lowest BCUT2D eigenvalue weighted by Gasteiger charge is -2.60. The predicted molar refractivity (Wildman–Crippen MR) is 156 cm³/mol. The van der Waals surface area contributed by atoms with Crippen LogP contribution in [0.1, 0.15) is 39.9 Å². The molecule has 0 aliphatic carbocycles. The topological polar surface area (TPSA) is 314 Å². The van der Waals surface area contributed by atoms with Gasteiger partial charge in [0.2, 0.25) is 17.7 Å². The van der Waals surface area contributed by atoms with E-state index in [1.807, 2.05) is 5.32 Å². The predicted octanol–water partition coefficient (Wildman–Crippen LogP) is -6.81. The molecular weight excluding hydrogens is 660 g/mol. The molecule has 258 valence electrons. The smallest absolute Gasteiger partial charge is 0.351 e. The highest BCUT2D eigenvalue weighted by Gasteiger charge is 2.75. The lowest BCUT2D eigenvalue weighted by Crippen LogP contribution is -2.87. The van der Waals surface area contributed by atoms with E-state index >= 15 is 4.39 Å². The highest BCUT2D eigenvalue weighted by Crippen LogP contribution is 2.47. The Morgan fingerprint density at radius 3 is 2.20 bits per heavy atom. The van der Waals surface area contributed by atoms with Crippen molar-refractivity contribution in [1.82, 2.24) is 15.1 Å². The van der Waals surface area contributed by atoms with Gasteiger partial charge >= 0.3 is 11.9 Å². The molecule has 0 aromatic heterocycles. The van der Waals surface area contributed by atoms with Gasteiger partial charge in [-0.2, -0.15) is 0 Å². The number of aliphatic hydroxyl groups is 11. The summed E-state index contributed by atoms with van der Waals surface area (Å²) in [4.78, 5) is 35.6. The number of imide groups is 1. The van der Waals surface area contributed by atoms with Gasteiger partial charge in [0.25, 0.3) is 11.8 Å². The average Bonchev–Trinajstić information content (AvgIpc) is 2.94. The van der Waals surface area contributed by atoms with Crippen LogP contribution in [-0.2, 0) is 31.8 Å². The number of likely N-dealkylation sites (N-methyl/N-ethyl adjacent to an activating group) is 1. The number of nitrogens with one attached hydrogen (secondary N) is 2. The molecule has 2 heterocycles. The van der Waals surface area contributed by atoms with Crippen LogP contribution in [0.15, 0.2) is 36.4 Å². The highest BCUT2D eigenvalue weighted by molar-refractivity contribution is 6.40. The first-order valence-corrected chi connectivity index (χ1v) is 13.7. The van der Waals surface area contributed by atoms with Crippen molar-refractivity contribution < 1.29 is 79.7 Å². The molecule has 0 bridgehead atoms. The Balaban J connectivity index is 1.74. The van der Waals surface area contributed by atoms with Crippen molar-refractivity contribution >= 4 is 47.3 Å². The molecule has 0 spiro atoms. The molecule has 2 aliphatic rings. The first-order chi connectivity index (χ1) is 22.2. The standard InChI is InChI=1S/C26H28B3FN4O15/c1-33(16-7-8-17(36)31-19(16)37)22(41,42)18-11(10-35)3-2-4-15(18)32-20(27,38)13-6-5-12(9-14(13)30)21(39,40)34-24(43,44)23(28,29)49-26(47,48)25(34,45)46/h2-6,9-10,16,32,38-48H,7-8H2,1H3,(H,31,36,37). The summed E-state index contributed by atoms with van der Waals surface area (Å²) in [6, 6.07) is 3.19. The van der Waals surface area contributed by atoms with E-state index in [4.69, 9.17) is 23.5 Å². The monoisotopic (exact) mass is 688 g/mol. The molecule has 2 atom stereocenters. The number of nitrogens with zero attached hydrogens (tertiary/aromatic N) is 2. The number of carbonyl (C=O) groups is 3. The Labute approximate surface area is 278 Å². The second kappa shape index (κ2) is 12.1. The number of carbonyl (C=O) groups excluding carboxylic acids is 3. The van der Waals surface area contributed by atoms with E-state index in [1.165, 1.54) is 6.07 Å². The molecule has 2 aliphatic heterocycles. The summed E-state index contributed by atoms with van der Waals surface area (Å²) in [5.74, 6) is -23.8. The number of hydrogen-bond acceptors (Lipinski definition) is 18. The maximum Gasteiger partial charge on any atom is 0.351 e. The Morgan fingerprint density at radius 2 is 1.65 bits per heavy atom. The van der Waals surface area contributed by atoms with Crippen molar-refractivity contribution in [1.29, 1.82) is 0 Å². The quantitative estimate of drug-likeness (QED) is 0.0504. The first-order valence-electron chi connectivity index (χ1n) is 13.7. The summed E-state index contributed by atoms with van der Waals surface area (Å²) in [5.41, 5.74) is -6.99. The Morgan fingerprint density at radius 1 is 1.04 bits per heavy atom. The molecule has 2 fully saturated rings. The zero-order valence-corrected chi connectivity index (χ0v) is 25.1. The van der Waals surface area contributed by atoms with Gasteiger partial charge in [-0.15, -0.1) is 4.90 Å². The van der Waals surface area contributed by atoms with E-state index in [2.05, 4.69) is 10.1 Å². The van der Waals surface area contributed by atoms with E-state index in [1.54, 1.807) is 0 Å². The SMILES string of the molecule is [B]C(O)(Nc1cccc(C=O)c1C(O)(O)N(C)C1CCC(=O)NC1=O)c1ccc(C(O)(O)N2C(O)(O)C([B])([B])OC(O)(O)C2(O)O)cc1F. The van der Waals surface area contributed by atoms with Gasteiger partial charge in [0, 0.05) is 28.8 Å². The van der Waals surface area contributed by atoms with Crippen molar-refractivity contribution in [2.24, 2.45) is 0 Å². The summed E-state index contributed by atoms with van der Waals surface area (Å²) in [6.45, 7) is 0. The summed E-state index contributed by atoms with van der Waals surface area (Å²) in [5, 5.41) is 117. The van der Waals surface area contributed by atoms with Gasteiger partial charge < -0.3 is 66.2 Å². The van der Waals surface area contributed by atoms with Gasteiger partial charge in [-0.1, -0.05) is 24.3 Å². The van der Waals surface area contributed by atoms with Crippen LogP contribution < -0.4 is 10.6 Å². The minimum absolute atomic E-state index is 0.128. The van der Waals surface area contributed by atoms with Crippen LogP contribution in [-0.4, -0.2) is 144 Å². The lowest BCUT2D eigenvalue weighted by molar-refractivity contribution is -0.615. The van der Waals surface area contributed by atoms with Crippen molar-refractivity contribution in [3.8, 4) is 0 Å². The van der Waals surface area contributed by atoms with Crippen molar-refractivity contribution in [2.45, 2.75) is 59.5 Å². The molecule has 2 saturated heterocycles. The highest BCUT2D eigenvalue weighted by atomic mass is 19.1. The maximum atomic E-state index is 15.6. The van der Waals surface area contributed by atoms with Gasteiger partial charge in [-0.3, -0.25) is 19.7 Å². The number of anilines is 1. The Kier molecular flexibility index (Phi) is 9.52. The van der Waals surface area contributed by atoms with Gasteiger partial charge in [0.05, 0.1) is 17.0 Å². The van der Waals surface area contributed by atoms with Crippen LogP contribution in [0.4, 0.5) is 10.1 Å². The fraction of sp³-hybridized carbons (Fsp3) is 0.423. The number of piperidine rings is 1. The molecule has 13 N–H and O–H groups in total. The van der Waals surface area contributed by atoms with E-state index in [9.17, 15) is 70.6 Å². The summed E-state index contributed by atoms with van der Waals surface area (Å²) < 4.78 is 19.7. The third-order valence-electron chi connectivity index (χ3n) is 8.03. The van der Waals surface area contributed by atoms with Crippen LogP contribution >= 0.6 is 0 Å². The Bertz CT molecular complexity index is 1650. The number of aldehydes is 1. The second-order valence-corrected chi connectivity index (χ2v) is 11.4. The summed E-state index contributed by atoms with van der Waals surface area (Å²) in [7, 11) is 17.5. The molecular formula is C26H28B3FN4O15. The molecule has 19 nitrogen and oxygen atoms in total. The van der Waals surface area contributed by atoms with Gasteiger partial charge in [-0.05, 0) is 25.6 Å². The molecule has 4 rings (SSSR count). The minimum Gasteiger partial charge on any atom is -0.376 e. The van der Waals surface area contributed by atoms with E-state index in [0.717, 1.165) is 19.2 Å². The van der Waals surface area contributed by atoms with E-state index < -0.39 is 97.2 Å². The number of benzene rings is 2. The van der Waals surface area contributed by atoms with Gasteiger partial charge in [0.15, 0.2) is 14.1 Å². The Hall–Kier alpha value is -3.39. The lowest BCUT2D eigenvalue weighted by atomic mass is 9.60. The number of ether oxygens (including phenoxy) is 1. The second-order valence-electron chi connectivity index (χ2n) is 11.4. The van der Waals surface area contributed by atoms with Crippen molar-refractivity contribution in [2.75, 3.05) is 12.4 Å². The summed E-state index contributed by atoms with van der Waals surface area (Å²) in [6.07, 6.45) is -0.153. The van der Waals surface area contributed by atoms with Crippen LogP contribution in [0.5, 0.6) is 0 Å². The third kappa shape index (κ3) is 6.28. The number of rotatable bonds is 9.